The van der Waals surface area contributed by atoms with E-state index in [1.807, 2.05) is 6.92 Å². The van der Waals surface area contributed by atoms with Crippen molar-refractivity contribution in [3.63, 3.8) is 0 Å². The lowest BCUT2D eigenvalue weighted by Crippen LogP contribution is -2.32. The van der Waals surface area contributed by atoms with Crippen LogP contribution in [0.1, 0.15) is 20.3 Å². The Morgan fingerprint density at radius 3 is 2.65 bits per heavy atom. The second-order valence-electron chi connectivity index (χ2n) is 3.73. The predicted octanol–water partition coefficient (Wildman–Crippen LogP) is 2.43. The fourth-order valence-electron chi connectivity index (χ4n) is 1.28. The molecule has 1 N–H and O–H groups in total. The van der Waals surface area contributed by atoms with Gasteiger partial charge in [0.05, 0.1) is 7.11 Å². The molecule has 0 aliphatic rings. The zero-order valence-corrected chi connectivity index (χ0v) is 11.6. The van der Waals surface area contributed by atoms with E-state index in [2.05, 4.69) is 4.72 Å². The largest absolute Gasteiger partial charge is 0.495 e. The lowest BCUT2D eigenvalue weighted by atomic mass is 10.3. The molecule has 0 radical (unpaired) electrons. The number of methoxy groups -OCH3 is 1. The number of halogens is 1. The molecule has 0 saturated carbocycles. The van der Waals surface area contributed by atoms with Crippen molar-refractivity contribution in [3.05, 3.63) is 23.2 Å². The molecule has 0 fully saturated rings. The molecular weight excluding hydrogens is 262 g/mol. The van der Waals surface area contributed by atoms with Gasteiger partial charge in [-0.15, -0.1) is 0 Å². The first-order valence-electron chi connectivity index (χ1n) is 5.26. The van der Waals surface area contributed by atoms with Gasteiger partial charge in [-0.2, -0.15) is 0 Å². The van der Waals surface area contributed by atoms with Crippen molar-refractivity contribution in [1.29, 1.82) is 0 Å². The van der Waals surface area contributed by atoms with Crippen LogP contribution in [0.3, 0.4) is 0 Å². The molecule has 1 aromatic carbocycles. The van der Waals surface area contributed by atoms with E-state index in [0.29, 0.717) is 5.02 Å². The van der Waals surface area contributed by atoms with E-state index in [9.17, 15) is 8.42 Å². The fraction of sp³-hybridized carbons (Fsp3) is 0.455. The van der Waals surface area contributed by atoms with Gasteiger partial charge in [0.25, 0.3) is 0 Å². The Hall–Kier alpha value is -0.780. The average Bonchev–Trinajstić information content (AvgIpc) is 2.27. The van der Waals surface area contributed by atoms with E-state index < -0.39 is 10.0 Å². The van der Waals surface area contributed by atoms with Crippen LogP contribution in [0.25, 0.3) is 0 Å². The highest BCUT2D eigenvalue weighted by Crippen LogP contribution is 2.27. The van der Waals surface area contributed by atoms with Gasteiger partial charge in [-0.05, 0) is 25.5 Å². The minimum atomic E-state index is -3.56. The molecule has 0 spiro atoms. The quantitative estimate of drug-likeness (QED) is 0.899. The molecule has 4 nitrogen and oxygen atoms in total. The lowest BCUT2D eigenvalue weighted by molar-refractivity contribution is 0.402. The molecule has 17 heavy (non-hydrogen) atoms. The van der Waals surface area contributed by atoms with Crippen molar-refractivity contribution in [2.45, 2.75) is 31.2 Å². The highest BCUT2D eigenvalue weighted by Gasteiger charge is 2.21. The molecule has 1 aromatic rings. The second-order valence-corrected chi connectivity index (χ2v) is 5.84. The molecule has 0 heterocycles. The van der Waals surface area contributed by atoms with Crippen LogP contribution in [-0.4, -0.2) is 21.6 Å². The third-order valence-corrected chi connectivity index (χ3v) is 4.25. The first-order chi connectivity index (χ1) is 7.90. The maximum atomic E-state index is 12.1. The van der Waals surface area contributed by atoms with Gasteiger partial charge < -0.3 is 4.74 Å². The Labute approximate surface area is 107 Å². The van der Waals surface area contributed by atoms with Crippen molar-refractivity contribution in [2.75, 3.05) is 7.11 Å². The third kappa shape index (κ3) is 3.59. The normalized spacial score (nSPS) is 13.4. The molecule has 0 aliphatic heterocycles. The molecular formula is C11H16ClNO3S. The SMILES string of the molecule is CCC(C)NS(=O)(=O)c1ccc(Cl)cc1OC. The van der Waals surface area contributed by atoms with Gasteiger partial charge in [0.1, 0.15) is 10.6 Å². The van der Waals surface area contributed by atoms with E-state index in [4.69, 9.17) is 16.3 Å². The van der Waals surface area contributed by atoms with Gasteiger partial charge in [-0.1, -0.05) is 18.5 Å². The Kier molecular flexibility index (Phi) is 4.80. The number of hydrogen-bond donors (Lipinski definition) is 1. The first-order valence-corrected chi connectivity index (χ1v) is 7.12. The highest BCUT2D eigenvalue weighted by atomic mass is 35.5. The number of hydrogen-bond acceptors (Lipinski definition) is 3. The summed E-state index contributed by atoms with van der Waals surface area (Å²) in [6.45, 7) is 3.71. The minimum absolute atomic E-state index is 0.102. The Morgan fingerprint density at radius 2 is 2.12 bits per heavy atom. The number of nitrogens with one attached hydrogen (secondary N) is 1. The molecule has 0 bridgehead atoms. The number of benzene rings is 1. The molecule has 1 rings (SSSR count). The van der Waals surface area contributed by atoms with Crippen LogP contribution >= 0.6 is 11.6 Å². The average molecular weight is 278 g/mol. The second kappa shape index (κ2) is 5.71. The van der Waals surface area contributed by atoms with E-state index in [1.54, 1.807) is 6.92 Å². The van der Waals surface area contributed by atoms with E-state index in [0.717, 1.165) is 6.42 Å². The van der Waals surface area contributed by atoms with E-state index >= 15 is 0 Å². The lowest BCUT2D eigenvalue weighted by Gasteiger charge is -2.14. The predicted molar refractivity (Wildman–Crippen MR) is 68.1 cm³/mol. The fourth-order valence-corrected chi connectivity index (χ4v) is 2.91. The summed E-state index contributed by atoms with van der Waals surface area (Å²) < 4.78 is 31.7. The molecule has 0 aliphatic carbocycles. The molecule has 1 unspecified atom stereocenters. The van der Waals surface area contributed by atoms with Gasteiger partial charge in [0, 0.05) is 17.1 Å². The third-order valence-electron chi connectivity index (χ3n) is 2.38. The molecule has 96 valence electrons. The Bertz CT molecular complexity index is 487. The van der Waals surface area contributed by atoms with Gasteiger partial charge >= 0.3 is 0 Å². The number of sulfonamides is 1. The van der Waals surface area contributed by atoms with Crippen LogP contribution in [0.4, 0.5) is 0 Å². The standard InChI is InChI=1S/C11H16ClNO3S/c1-4-8(2)13-17(14,15)11-6-5-9(12)7-10(11)16-3/h5-8,13H,4H2,1-3H3. The summed E-state index contributed by atoms with van der Waals surface area (Å²) in [7, 11) is -2.15. The monoisotopic (exact) mass is 277 g/mol. The summed E-state index contributed by atoms with van der Waals surface area (Å²) in [5.41, 5.74) is 0. The summed E-state index contributed by atoms with van der Waals surface area (Å²) >= 11 is 5.78. The smallest absolute Gasteiger partial charge is 0.244 e. The van der Waals surface area contributed by atoms with Crippen molar-refractivity contribution < 1.29 is 13.2 Å². The van der Waals surface area contributed by atoms with Crippen LogP contribution in [-0.2, 0) is 10.0 Å². The summed E-state index contributed by atoms with van der Waals surface area (Å²) in [5, 5.41) is 0.435. The number of rotatable bonds is 5. The topological polar surface area (TPSA) is 55.4 Å². The van der Waals surface area contributed by atoms with Gasteiger partial charge in [0.2, 0.25) is 10.0 Å². The molecule has 6 heteroatoms. The van der Waals surface area contributed by atoms with Crippen LogP contribution in [0, 0.1) is 0 Å². The maximum absolute atomic E-state index is 12.1. The summed E-state index contributed by atoms with van der Waals surface area (Å²) in [6.07, 6.45) is 0.717. The van der Waals surface area contributed by atoms with Crippen molar-refractivity contribution >= 4 is 21.6 Å². The minimum Gasteiger partial charge on any atom is -0.495 e. The molecule has 0 amide bonds. The Morgan fingerprint density at radius 1 is 1.47 bits per heavy atom. The summed E-state index contributed by atoms with van der Waals surface area (Å²) in [5.74, 6) is 0.244. The zero-order valence-electron chi connectivity index (χ0n) is 10.0. The number of ether oxygens (including phenoxy) is 1. The molecule has 0 aromatic heterocycles. The zero-order chi connectivity index (χ0) is 13.1. The Balaban J connectivity index is 3.15. The van der Waals surface area contributed by atoms with E-state index in [-0.39, 0.29) is 16.7 Å². The van der Waals surface area contributed by atoms with Crippen molar-refractivity contribution in [3.8, 4) is 5.75 Å². The van der Waals surface area contributed by atoms with Crippen LogP contribution < -0.4 is 9.46 Å². The highest BCUT2D eigenvalue weighted by molar-refractivity contribution is 7.89. The van der Waals surface area contributed by atoms with Crippen LogP contribution in [0.5, 0.6) is 5.75 Å². The van der Waals surface area contributed by atoms with Crippen molar-refractivity contribution in [2.24, 2.45) is 0 Å². The van der Waals surface area contributed by atoms with Crippen molar-refractivity contribution in [1.82, 2.24) is 4.72 Å². The van der Waals surface area contributed by atoms with Gasteiger partial charge in [-0.3, -0.25) is 0 Å². The van der Waals surface area contributed by atoms with Gasteiger partial charge in [-0.25, -0.2) is 13.1 Å². The summed E-state index contributed by atoms with van der Waals surface area (Å²) in [4.78, 5) is 0.102. The van der Waals surface area contributed by atoms with Crippen LogP contribution in [0.2, 0.25) is 5.02 Å². The molecule has 1 atom stereocenters. The molecule has 0 saturated heterocycles. The summed E-state index contributed by atoms with van der Waals surface area (Å²) in [6, 6.07) is 4.31. The first kappa shape index (κ1) is 14.3. The maximum Gasteiger partial charge on any atom is 0.244 e. The van der Waals surface area contributed by atoms with E-state index in [1.165, 1.54) is 25.3 Å². The van der Waals surface area contributed by atoms with Gasteiger partial charge in [0.15, 0.2) is 0 Å². The van der Waals surface area contributed by atoms with Crippen LogP contribution in [0.15, 0.2) is 23.1 Å².